The Balaban J connectivity index is 3.72. The molecule has 1 aromatic rings. The number of hydrogen-bond donors (Lipinski definition) is 2. The van der Waals surface area contributed by atoms with Crippen molar-refractivity contribution in [2.75, 3.05) is 0 Å². The molecule has 0 saturated heterocycles. The van der Waals surface area contributed by atoms with Gasteiger partial charge in [0, 0.05) is 13.3 Å². The molecule has 6 nitrogen and oxygen atoms in total. The number of halogens is 1. The van der Waals surface area contributed by atoms with E-state index < -0.39 is 11.2 Å². The summed E-state index contributed by atoms with van der Waals surface area (Å²) in [5.74, 6) is 0. The fourth-order valence-corrected chi connectivity index (χ4v) is 0.963. The third-order valence-corrected chi connectivity index (χ3v) is 1.66. The Morgan fingerprint density at radius 3 is 2.71 bits per heavy atom. The maximum Gasteiger partial charge on any atom is 0.328 e. The molecule has 0 aliphatic rings. The summed E-state index contributed by atoms with van der Waals surface area (Å²) in [6.07, 6.45) is 0.763. The molecular weight excluding hydrogens is 191 g/mol. The molecule has 1 heterocycles. The second kappa shape index (κ2) is 3.77. The van der Waals surface area contributed by atoms with E-state index in [1.807, 2.05) is 4.98 Å². The van der Waals surface area contributed by atoms with Crippen molar-refractivity contribution in [1.82, 2.24) is 9.55 Å². The summed E-state index contributed by atoms with van der Waals surface area (Å²) < 4.78 is 12.8. The van der Waals surface area contributed by atoms with Crippen LogP contribution in [-0.4, -0.2) is 22.2 Å². The zero-order chi connectivity index (χ0) is 10.7. The van der Waals surface area contributed by atoms with Gasteiger partial charge < -0.3 is 5.41 Å². The molecule has 0 spiro atoms. The van der Waals surface area contributed by atoms with Crippen LogP contribution in [0.3, 0.4) is 0 Å². The number of aromatic nitrogens is 2. The van der Waals surface area contributed by atoms with E-state index in [0.717, 1.165) is 10.8 Å². The van der Waals surface area contributed by atoms with Crippen molar-refractivity contribution in [1.29, 1.82) is 5.41 Å². The molecule has 0 aromatic carbocycles. The van der Waals surface area contributed by atoms with Crippen LogP contribution < -0.4 is 11.2 Å². The lowest BCUT2D eigenvalue weighted by molar-refractivity contribution is 0.789. The first kappa shape index (κ1) is 10.0. The smallest absolute Gasteiger partial charge is 0.306 e. The van der Waals surface area contributed by atoms with Crippen molar-refractivity contribution in [2.45, 2.75) is 0 Å². The van der Waals surface area contributed by atoms with Crippen LogP contribution >= 0.6 is 0 Å². The summed E-state index contributed by atoms with van der Waals surface area (Å²) >= 11 is 0. The quantitative estimate of drug-likeness (QED) is 0.638. The normalized spacial score (nSPS) is 10.7. The predicted molar refractivity (Wildman–Crippen MR) is 49.4 cm³/mol. The van der Waals surface area contributed by atoms with Gasteiger partial charge in [-0.15, -0.1) is 0 Å². The maximum atomic E-state index is 11.8. The summed E-state index contributed by atoms with van der Waals surface area (Å²) in [6.45, 7) is -0.0674. The lowest BCUT2D eigenvalue weighted by atomic mass is 10.3. The van der Waals surface area contributed by atoms with Crippen LogP contribution in [0.4, 0.5) is 10.1 Å². The van der Waals surface area contributed by atoms with E-state index in [4.69, 9.17) is 5.41 Å². The zero-order valence-corrected chi connectivity index (χ0v) is 7.24. The third-order valence-electron chi connectivity index (χ3n) is 1.66. The van der Waals surface area contributed by atoms with Gasteiger partial charge in [0.15, 0.2) is 12.2 Å². The summed E-state index contributed by atoms with van der Waals surface area (Å²) in [4.78, 5) is 27.2. The van der Waals surface area contributed by atoms with Gasteiger partial charge in [-0.25, -0.2) is 9.79 Å². The summed E-state index contributed by atoms with van der Waals surface area (Å²) in [6, 6.07) is 0. The molecule has 1 rings (SSSR count). The average Bonchev–Trinajstić information content (AvgIpc) is 2.15. The molecule has 0 fully saturated rings. The van der Waals surface area contributed by atoms with E-state index in [1.54, 1.807) is 0 Å². The van der Waals surface area contributed by atoms with Crippen molar-refractivity contribution >= 4 is 18.4 Å². The molecule has 0 amide bonds. The molecule has 0 aliphatic carbocycles. The van der Waals surface area contributed by atoms with Crippen LogP contribution in [0, 0.1) is 5.41 Å². The molecule has 2 N–H and O–H groups in total. The second-order valence-corrected chi connectivity index (χ2v) is 2.42. The van der Waals surface area contributed by atoms with Gasteiger partial charge in [0.25, 0.3) is 5.56 Å². The van der Waals surface area contributed by atoms with Crippen molar-refractivity contribution in [3.05, 3.63) is 26.5 Å². The minimum absolute atomic E-state index is 0.0485. The first-order chi connectivity index (χ1) is 6.61. The lowest BCUT2D eigenvalue weighted by Gasteiger charge is -2.03. The fourth-order valence-electron chi connectivity index (χ4n) is 0.963. The van der Waals surface area contributed by atoms with Crippen molar-refractivity contribution in [3.63, 3.8) is 0 Å². The minimum atomic E-state index is -0.819. The highest BCUT2D eigenvalue weighted by atomic mass is 19.1. The summed E-state index contributed by atoms with van der Waals surface area (Å²) in [5.41, 5.74) is -1.84. The van der Waals surface area contributed by atoms with E-state index in [-0.39, 0.29) is 17.8 Å². The largest absolute Gasteiger partial charge is 0.328 e. The van der Waals surface area contributed by atoms with E-state index in [1.165, 1.54) is 7.05 Å². The first-order valence-electron chi connectivity index (χ1n) is 3.58. The Labute approximate surface area is 77.2 Å². The lowest BCUT2D eigenvalue weighted by Crippen LogP contribution is -2.30. The zero-order valence-electron chi connectivity index (χ0n) is 7.24. The van der Waals surface area contributed by atoms with Crippen LogP contribution in [0.25, 0.3) is 0 Å². The molecule has 0 unspecified atom stereocenters. The Morgan fingerprint density at radius 2 is 2.21 bits per heavy atom. The molecule has 7 heteroatoms. The maximum absolute atomic E-state index is 11.8. The van der Waals surface area contributed by atoms with E-state index in [2.05, 4.69) is 4.99 Å². The average molecular weight is 198 g/mol. The van der Waals surface area contributed by atoms with E-state index >= 15 is 0 Å². The molecule has 74 valence electrons. The highest BCUT2D eigenvalue weighted by molar-refractivity contribution is 5.82. The monoisotopic (exact) mass is 198 g/mol. The van der Waals surface area contributed by atoms with Gasteiger partial charge in [0.1, 0.15) is 0 Å². The van der Waals surface area contributed by atoms with Gasteiger partial charge in [-0.2, -0.15) is 4.39 Å². The number of H-pyrrole nitrogens is 1. The second-order valence-electron chi connectivity index (χ2n) is 2.42. The molecule has 0 saturated carbocycles. The minimum Gasteiger partial charge on any atom is -0.306 e. The molecule has 0 aliphatic heterocycles. The summed E-state index contributed by atoms with van der Waals surface area (Å²) in [5, 5.41) is 6.96. The van der Waals surface area contributed by atoms with Crippen LogP contribution in [0.2, 0.25) is 0 Å². The Hall–Kier alpha value is -2.05. The van der Waals surface area contributed by atoms with Crippen LogP contribution in [0.15, 0.2) is 14.6 Å². The van der Waals surface area contributed by atoms with Gasteiger partial charge >= 0.3 is 5.69 Å². The Kier molecular flexibility index (Phi) is 2.70. The molecule has 0 atom stereocenters. The number of nitrogens with zero attached hydrogens (tertiary/aromatic N) is 2. The van der Waals surface area contributed by atoms with Gasteiger partial charge in [-0.05, 0) is 0 Å². The van der Waals surface area contributed by atoms with E-state index in [0.29, 0.717) is 0 Å². The molecule has 0 bridgehead atoms. The highest BCUT2D eigenvalue weighted by Gasteiger charge is 2.08. The Bertz CT molecular complexity index is 499. The van der Waals surface area contributed by atoms with E-state index in [9.17, 15) is 14.0 Å². The van der Waals surface area contributed by atoms with Crippen molar-refractivity contribution in [3.8, 4) is 0 Å². The predicted octanol–water partition coefficient (Wildman–Crippen LogP) is -0.299. The van der Waals surface area contributed by atoms with Gasteiger partial charge in [0.2, 0.25) is 0 Å². The molecule has 1 aromatic heterocycles. The Morgan fingerprint density at radius 1 is 1.57 bits per heavy atom. The number of hydrogen-bond acceptors (Lipinski definition) is 4. The number of rotatable bonds is 2. The number of aromatic amines is 1. The first-order valence-corrected chi connectivity index (χ1v) is 3.58. The number of aliphatic imine (C=N–C) groups is 1. The van der Waals surface area contributed by atoms with Crippen molar-refractivity contribution < 1.29 is 4.39 Å². The van der Waals surface area contributed by atoms with Crippen LogP contribution in [0.5, 0.6) is 0 Å². The third kappa shape index (κ3) is 1.51. The fraction of sp³-hybridized carbons (Fsp3) is 0.143. The summed E-state index contributed by atoms with van der Waals surface area (Å²) in [7, 11) is 1.34. The SMILES string of the molecule is Cn1c(C=N)c(N=CF)c(=O)[nH]c1=O. The molecule has 14 heavy (non-hydrogen) atoms. The van der Waals surface area contributed by atoms with Crippen LogP contribution in [-0.2, 0) is 7.05 Å². The van der Waals surface area contributed by atoms with Gasteiger partial charge in [0.05, 0.1) is 5.69 Å². The van der Waals surface area contributed by atoms with Gasteiger partial charge in [-0.3, -0.25) is 14.3 Å². The highest BCUT2D eigenvalue weighted by Crippen LogP contribution is 2.06. The van der Waals surface area contributed by atoms with Crippen LogP contribution in [0.1, 0.15) is 5.69 Å². The van der Waals surface area contributed by atoms with Gasteiger partial charge in [-0.1, -0.05) is 0 Å². The van der Waals surface area contributed by atoms with Crippen molar-refractivity contribution in [2.24, 2.45) is 12.0 Å². The topological polar surface area (TPSA) is 91.1 Å². The standard InChI is InChI=1S/C7H7FN4O2/c1-12-4(2-9)5(10-3-8)6(13)11-7(12)14/h2-3,9H,1H3,(H,11,13,14). The number of nitrogens with one attached hydrogen (secondary N) is 2. The molecular formula is C7H7FN4O2. The molecule has 0 radical (unpaired) electrons.